The van der Waals surface area contributed by atoms with Crippen LogP contribution in [0.3, 0.4) is 0 Å². The maximum Gasteiger partial charge on any atom is 0.408 e. The predicted octanol–water partition coefficient (Wildman–Crippen LogP) is 0.460. The van der Waals surface area contributed by atoms with Crippen molar-refractivity contribution < 1.29 is 29.0 Å². The molecular weight excluding hydrogens is 330 g/mol. The van der Waals surface area contributed by atoms with E-state index in [1.165, 1.54) is 6.92 Å². The maximum absolute atomic E-state index is 11.7. The van der Waals surface area contributed by atoms with Gasteiger partial charge >= 0.3 is 12.1 Å². The molecule has 3 amide bonds. The van der Waals surface area contributed by atoms with Gasteiger partial charge in [0.25, 0.3) is 5.91 Å². The normalized spacial score (nSPS) is 12.5. The highest BCUT2D eigenvalue weighted by Gasteiger charge is 2.22. The molecule has 9 nitrogen and oxygen atoms in total. The van der Waals surface area contributed by atoms with E-state index in [1.807, 2.05) is 6.07 Å². The summed E-state index contributed by atoms with van der Waals surface area (Å²) < 4.78 is 4.93. The van der Waals surface area contributed by atoms with E-state index >= 15 is 0 Å². The number of benzene rings is 1. The van der Waals surface area contributed by atoms with Gasteiger partial charge in [0.05, 0.1) is 0 Å². The lowest BCUT2D eigenvalue weighted by Gasteiger charge is -2.15. The monoisotopic (exact) mass is 350 g/mol. The Morgan fingerprint density at radius 3 is 2.36 bits per heavy atom. The summed E-state index contributed by atoms with van der Waals surface area (Å²) in [4.78, 5) is 45.2. The molecule has 0 aromatic heterocycles. The van der Waals surface area contributed by atoms with Crippen LogP contribution in [-0.4, -0.2) is 41.1 Å². The molecule has 1 aromatic rings. The van der Waals surface area contributed by atoms with Crippen molar-refractivity contribution in [1.29, 1.82) is 0 Å². The molecule has 0 saturated carbocycles. The number of carboxylic acids is 1. The van der Waals surface area contributed by atoms with Crippen LogP contribution in [0.2, 0.25) is 0 Å². The van der Waals surface area contributed by atoms with Crippen molar-refractivity contribution in [2.45, 2.75) is 38.5 Å². The molecule has 1 radical (unpaired) electrons. The quantitative estimate of drug-likeness (QED) is 0.590. The minimum atomic E-state index is -1.31. The molecule has 1 aromatic carbocycles. The fraction of sp³-hybridized carbons (Fsp3) is 0.375. The van der Waals surface area contributed by atoms with Crippen molar-refractivity contribution in [2.24, 2.45) is 0 Å². The molecule has 0 bridgehead atoms. The van der Waals surface area contributed by atoms with Crippen LogP contribution in [0, 0.1) is 0 Å². The van der Waals surface area contributed by atoms with E-state index < -0.39 is 36.0 Å². The summed E-state index contributed by atoms with van der Waals surface area (Å²) in [5.41, 5.74) is 7.60. The third kappa shape index (κ3) is 7.82. The van der Waals surface area contributed by atoms with E-state index in [9.17, 15) is 19.2 Å². The van der Waals surface area contributed by atoms with Crippen LogP contribution in [0.4, 0.5) is 4.79 Å². The van der Waals surface area contributed by atoms with Crippen LogP contribution in [-0.2, 0) is 25.7 Å². The van der Waals surface area contributed by atoms with Gasteiger partial charge in [-0.15, -0.1) is 0 Å². The van der Waals surface area contributed by atoms with Crippen LogP contribution < -0.4 is 16.4 Å². The molecule has 2 unspecified atom stereocenters. The highest BCUT2D eigenvalue weighted by molar-refractivity contribution is 5.86. The lowest BCUT2D eigenvalue weighted by atomic mass is 10.1. The fourth-order valence-corrected chi connectivity index (χ4v) is 1.82. The number of aliphatic carboxylic acids is 1. The summed E-state index contributed by atoms with van der Waals surface area (Å²) in [6, 6.07) is 6.58. The molecule has 0 spiro atoms. The van der Waals surface area contributed by atoms with E-state index in [4.69, 9.17) is 15.6 Å². The zero-order valence-corrected chi connectivity index (χ0v) is 13.7. The van der Waals surface area contributed by atoms with Crippen molar-refractivity contribution in [3.05, 3.63) is 35.9 Å². The van der Waals surface area contributed by atoms with Gasteiger partial charge in [-0.05, 0) is 18.9 Å². The number of amides is 3. The third-order valence-electron chi connectivity index (χ3n) is 3.23. The van der Waals surface area contributed by atoms with Crippen molar-refractivity contribution in [1.82, 2.24) is 16.4 Å². The molecule has 135 valence electrons. The van der Waals surface area contributed by atoms with Gasteiger partial charge in [-0.25, -0.2) is 9.59 Å². The van der Waals surface area contributed by atoms with Crippen molar-refractivity contribution in [2.75, 3.05) is 0 Å². The van der Waals surface area contributed by atoms with Crippen molar-refractivity contribution in [3.63, 3.8) is 0 Å². The number of carboxylic acid groups (broad SMARTS) is 1. The largest absolute Gasteiger partial charge is 0.480 e. The zero-order valence-electron chi connectivity index (χ0n) is 13.7. The Labute approximate surface area is 144 Å². The summed E-state index contributed by atoms with van der Waals surface area (Å²) in [7, 11) is 0. The first kappa shape index (κ1) is 19.9. The van der Waals surface area contributed by atoms with Crippen molar-refractivity contribution in [3.8, 4) is 0 Å². The topological polar surface area (TPSA) is 146 Å². The summed E-state index contributed by atoms with van der Waals surface area (Å²) >= 11 is 0. The van der Waals surface area contributed by atoms with E-state index in [0.717, 1.165) is 5.56 Å². The van der Waals surface area contributed by atoms with Crippen molar-refractivity contribution >= 4 is 23.9 Å². The molecule has 0 heterocycles. The average Bonchev–Trinajstić information content (AvgIpc) is 2.57. The smallest absolute Gasteiger partial charge is 0.408 e. The summed E-state index contributed by atoms with van der Waals surface area (Å²) in [5.74, 6) is -2.85. The first-order valence-corrected chi connectivity index (χ1v) is 7.54. The van der Waals surface area contributed by atoms with Gasteiger partial charge in [-0.2, -0.15) is 0 Å². The van der Waals surface area contributed by atoms with E-state index in [-0.39, 0.29) is 19.4 Å². The Balaban J connectivity index is 2.43. The summed E-state index contributed by atoms with van der Waals surface area (Å²) in [6.45, 7) is 1.34. The first-order chi connectivity index (χ1) is 11.8. The molecule has 0 aliphatic heterocycles. The Morgan fingerprint density at radius 2 is 1.80 bits per heavy atom. The maximum atomic E-state index is 11.7. The van der Waals surface area contributed by atoms with Crippen LogP contribution in [0.15, 0.2) is 30.3 Å². The molecule has 1 rings (SSSR count). The molecule has 0 fully saturated rings. The highest BCUT2D eigenvalue weighted by atomic mass is 16.5. The molecule has 0 saturated heterocycles. The van der Waals surface area contributed by atoms with E-state index in [0.29, 0.717) is 0 Å². The number of carbonyl (C=O) groups is 4. The number of ether oxygens (including phenoxy) is 1. The second kappa shape index (κ2) is 9.91. The zero-order chi connectivity index (χ0) is 18.8. The molecule has 0 aliphatic carbocycles. The molecule has 25 heavy (non-hydrogen) atoms. The number of alkyl carbamates (subject to hydrolysis) is 1. The number of hydrogen-bond donors (Lipinski definition) is 3. The molecule has 0 aliphatic rings. The van der Waals surface area contributed by atoms with Gasteiger partial charge in [0.1, 0.15) is 18.7 Å². The summed E-state index contributed by atoms with van der Waals surface area (Å²) in [5, 5.41) is 13.5. The van der Waals surface area contributed by atoms with Crippen LogP contribution in [0.1, 0.15) is 25.3 Å². The Morgan fingerprint density at radius 1 is 1.16 bits per heavy atom. The van der Waals surface area contributed by atoms with Gasteiger partial charge in [0.2, 0.25) is 5.91 Å². The van der Waals surface area contributed by atoms with Crippen LogP contribution >= 0.6 is 0 Å². The van der Waals surface area contributed by atoms with Crippen LogP contribution in [0.5, 0.6) is 0 Å². The Bertz CT molecular complexity index is 620. The fourth-order valence-electron chi connectivity index (χ4n) is 1.82. The minimum absolute atomic E-state index is 0.0113. The summed E-state index contributed by atoms with van der Waals surface area (Å²) in [6.07, 6.45) is -1.32. The molecular formula is C16H20N3O6. The van der Waals surface area contributed by atoms with Gasteiger partial charge in [-0.3, -0.25) is 15.3 Å². The van der Waals surface area contributed by atoms with Crippen LogP contribution in [0.25, 0.3) is 0 Å². The molecule has 2 atom stereocenters. The second-order valence-corrected chi connectivity index (χ2v) is 5.29. The Kier molecular flexibility index (Phi) is 7.91. The van der Waals surface area contributed by atoms with Gasteiger partial charge < -0.3 is 20.5 Å². The SMILES string of the molecule is CC(NC(=O)CCC(NC(=O)OCc1ccccc1)C(=O)O)C([NH])=O. The Hall–Kier alpha value is -3.10. The minimum Gasteiger partial charge on any atom is -0.480 e. The lowest BCUT2D eigenvalue weighted by molar-refractivity contribution is -0.139. The number of carbonyl (C=O) groups excluding carboxylic acids is 3. The number of nitrogens with one attached hydrogen (secondary N) is 3. The highest BCUT2D eigenvalue weighted by Crippen LogP contribution is 2.03. The van der Waals surface area contributed by atoms with E-state index in [1.54, 1.807) is 24.3 Å². The molecule has 4 N–H and O–H groups in total. The third-order valence-corrected chi connectivity index (χ3v) is 3.23. The average molecular weight is 350 g/mol. The van der Waals surface area contributed by atoms with E-state index in [2.05, 4.69) is 10.6 Å². The predicted molar refractivity (Wildman–Crippen MR) is 86.1 cm³/mol. The second-order valence-electron chi connectivity index (χ2n) is 5.29. The lowest BCUT2D eigenvalue weighted by Crippen LogP contribution is -2.43. The van der Waals surface area contributed by atoms with Gasteiger partial charge in [0, 0.05) is 6.42 Å². The first-order valence-electron chi connectivity index (χ1n) is 7.54. The van der Waals surface area contributed by atoms with Gasteiger partial charge in [0.15, 0.2) is 0 Å². The van der Waals surface area contributed by atoms with Gasteiger partial charge in [-0.1, -0.05) is 30.3 Å². The number of hydrogen-bond acceptors (Lipinski definition) is 5. The number of rotatable bonds is 9. The molecule has 9 heteroatoms. The standard InChI is InChI=1S/C16H20N3O6/c1-10(14(17)21)18-13(20)8-7-12(15(22)23)19-16(24)25-9-11-5-3-2-4-6-11/h2-6,10,12,17H,7-9H2,1H3,(H,18,20)(H,19,24)(H,22,23).